The number of nitrogens with zero attached hydrogens (tertiary/aromatic N) is 4. The van der Waals surface area contributed by atoms with Gasteiger partial charge in [0, 0.05) is 17.8 Å². The third kappa shape index (κ3) is 3.04. The molecular formula is C13H11N7O4. The molecule has 0 saturated carbocycles. The molecule has 3 rings (SSSR count). The second-order valence-electron chi connectivity index (χ2n) is 4.60. The SMILES string of the molecule is COc1cc(NC(=O)c2cc(=O)[nH]c(=O)[nH]2)ccc1-n1cnnn1. The fourth-order valence-electron chi connectivity index (χ4n) is 2.01. The topological polar surface area (TPSA) is 148 Å². The van der Waals surface area contributed by atoms with Crippen molar-refractivity contribution in [3.8, 4) is 11.4 Å². The zero-order chi connectivity index (χ0) is 17.1. The number of hydrogen-bond donors (Lipinski definition) is 3. The van der Waals surface area contributed by atoms with Crippen LogP contribution < -0.4 is 21.3 Å². The third-order valence-electron chi connectivity index (χ3n) is 3.04. The van der Waals surface area contributed by atoms with Crippen molar-refractivity contribution in [3.05, 3.63) is 57.1 Å². The Morgan fingerprint density at radius 3 is 2.75 bits per heavy atom. The summed E-state index contributed by atoms with van der Waals surface area (Å²) in [5.74, 6) is -0.227. The number of methoxy groups -OCH3 is 1. The van der Waals surface area contributed by atoms with Crippen LogP contribution in [0.4, 0.5) is 5.69 Å². The first-order valence-corrected chi connectivity index (χ1v) is 6.63. The lowest BCUT2D eigenvalue weighted by Crippen LogP contribution is -2.27. The number of carbonyl (C=O) groups is 1. The van der Waals surface area contributed by atoms with Crippen LogP contribution in [-0.4, -0.2) is 43.2 Å². The van der Waals surface area contributed by atoms with Gasteiger partial charge in [-0.3, -0.25) is 14.6 Å². The number of H-pyrrole nitrogens is 2. The summed E-state index contributed by atoms with van der Waals surface area (Å²) in [5.41, 5.74) is -0.623. The minimum Gasteiger partial charge on any atom is -0.494 e. The van der Waals surface area contributed by atoms with Gasteiger partial charge in [-0.1, -0.05) is 0 Å². The van der Waals surface area contributed by atoms with Crippen molar-refractivity contribution in [2.24, 2.45) is 0 Å². The first kappa shape index (κ1) is 15.1. The zero-order valence-corrected chi connectivity index (χ0v) is 12.3. The van der Waals surface area contributed by atoms with Crippen LogP contribution in [0.3, 0.4) is 0 Å². The summed E-state index contributed by atoms with van der Waals surface area (Å²) in [5, 5.41) is 13.4. The summed E-state index contributed by atoms with van der Waals surface area (Å²) in [6.45, 7) is 0. The molecule has 0 atom stereocenters. The minimum absolute atomic E-state index is 0.160. The molecular weight excluding hydrogens is 318 g/mol. The predicted molar refractivity (Wildman–Crippen MR) is 81.3 cm³/mol. The zero-order valence-electron chi connectivity index (χ0n) is 12.3. The molecule has 3 N–H and O–H groups in total. The Hall–Kier alpha value is -3.76. The molecule has 122 valence electrons. The summed E-state index contributed by atoms with van der Waals surface area (Å²) >= 11 is 0. The number of nitrogens with one attached hydrogen (secondary N) is 3. The molecule has 1 amide bonds. The fourth-order valence-corrected chi connectivity index (χ4v) is 2.01. The molecule has 0 aliphatic rings. The molecule has 11 heteroatoms. The summed E-state index contributed by atoms with van der Waals surface area (Å²) in [6.07, 6.45) is 1.40. The van der Waals surface area contributed by atoms with Crippen molar-refractivity contribution >= 4 is 11.6 Å². The highest BCUT2D eigenvalue weighted by atomic mass is 16.5. The van der Waals surface area contributed by atoms with Crippen LogP contribution in [0.5, 0.6) is 5.75 Å². The number of anilines is 1. The Morgan fingerprint density at radius 2 is 2.08 bits per heavy atom. The normalized spacial score (nSPS) is 10.4. The van der Waals surface area contributed by atoms with Gasteiger partial charge >= 0.3 is 5.69 Å². The van der Waals surface area contributed by atoms with Gasteiger partial charge in [-0.25, -0.2) is 4.79 Å². The maximum atomic E-state index is 12.1. The largest absolute Gasteiger partial charge is 0.494 e. The van der Waals surface area contributed by atoms with E-state index >= 15 is 0 Å². The van der Waals surface area contributed by atoms with Gasteiger partial charge in [0.2, 0.25) is 0 Å². The van der Waals surface area contributed by atoms with E-state index in [4.69, 9.17) is 4.74 Å². The van der Waals surface area contributed by atoms with Gasteiger partial charge in [0.15, 0.2) is 0 Å². The fraction of sp³-hybridized carbons (Fsp3) is 0.0769. The molecule has 0 aliphatic heterocycles. The quantitative estimate of drug-likeness (QED) is 0.573. The maximum Gasteiger partial charge on any atom is 0.326 e. The van der Waals surface area contributed by atoms with Gasteiger partial charge in [0.25, 0.3) is 11.5 Å². The first-order chi connectivity index (χ1) is 11.6. The first-order valence-electron chi connectivity index (χ1n) is 6.63. The number of ether oxygens (including phenoxy) is 1. The van der Waals surface area contributed by atoms with Crippen molar-refractivity contribution in [1.29, 1.82) is 0 Å². The van der Waals surface area contributed by atoms with Crippen molar-refractivity contribution in [2.75, 3.05) is 12.4 Å². The van der Waals surface area contributed by atoms with Gasteiger partial charge < -0.3 is 15.0 Å². The molecule has 3 aromatic rings. The predicted octanol–water partition coefficient (Wildman–Crippen LogP) is -0.700. The van der Waals surface area contributed by atoms with Crippen LogP contribution in [0.25, 0.3) is 5.69 Å². The average Bonchev–Trinajstić information content (AvgIpc) is 3.08. The molecule has 11 nitrogen and oxygen atoms in total. The average molecular weight is 329 g/mol. The van der Waals surface area contributed by atoms with E-state index < -0.39 is 17.2 Å². The second kappa shape index (κ2) is 6.16. The Morgan fingerprint density at radius 1 is 1.25 bits per heavy atom. The van der Waals surface area contributed by atoms with E-state index in [9.17, 15) is 14.4 Å². The molecule has 0 spiro atoms. The number of aromatic amines is 2. The Labute approximate surface area is 133 Å². The van der Waals surface area contributed by atoms with Crippen molar-refractivity contribution in [3.63, 3.8) is 0 Å². The minimum atomic E-state index is -0.765. The van der Waals surface area contributed by atoms with E-state index in [0.29, 0.717) is 17.1 Å². The van der Waals surface area contributed by atoms with Crippen molar-refractivity contribution < 1.29 is 9.53 Å². The molecule has 2 heterocycles. The number of tetrazole rings is 1. The van der Waals surface area contributed by atoms with E-state index in [0.717, 1.165) is 6.07 Å². The Balaban J connectivity index is 1.89. The third-order valence-corrected chi connectivity index (χ3v) is 3.04. The highest BCUT2D eigenvalue weighted by Crippen LogP contribution is 2.25. The molecule has 0 fully saturated rings. The lowest BCUT2D eigenvalue weighted by Gasteiger charge is -2.10. The lowest BCUT2D eigenvalue weighted by molar-refractivity contribution is 0.102. The van der Waals surface area contributed by atoms with E-state index in [2.05, 4.69) is 25.8 Å². The standard InChI is InChI=1S/C13H11N7O4/c1-24-10-4-7(2-3-9(10)20-6-14-18-19-20)15-12(22)8-5-11(21)17-13(23)16-8/h2-6H,1H3,(H,15,22)(H2,16,17,21,23). The van der Waals surface area contributed by atoms with E-state index in [1.54, 1.807) is 18.2 Å². The number of hydrogen-bond acceptors (Lipinski definition) is 7. The monoisotopic (exact) mass is 329 g/mol. The van der Waals surface area contributed by atoms with Crippen molar-refractivity contribution in [1.82, 2.24) is 30.2 Å². The van der Waals surface area contributed by atoms with Crippen LogP contribution in [0.15, 0.2) is 40.2 Å². The molecule has 1 aromatic carbocycles. The van der Waals surface area contributed by atoms with E-state index in [1.165, 1.54) is 18.1 Å². The van der Waals surface area contributed by atoms with Crippen LogP contribution >= 0.6 is 0 Å². The molecule has 0 saturated heterocycles. The highest BCUT2D eigenvalue weighted by molar-refractivity contribution is 6.02. The smallest absolute Gasteiger partial charge is 0.326 e. The van der Waals surface area contributed by atoms with E-state index in [-0.39, 0.29) is 5.69 Å². The molecule has 0 bridgehead atoms. The summed E-state index contributed by atoms with van der Waals surface area (Å²) in [6, 6.07) is 5.79. The number of rotatable bonds is 4. The van der Waals surface area contributed by atoms with Crippen LogP contribution in [0, 0.1) is 0 Å². The van der Waals surface area contributed by atoms with Crippen molar-refractivity contribution in [2.45, 2.75) is 0 Å². The lowest BCUT2D eigenvalue weighted by atomic mass is 10.2. The molecule has 0 radical (unpaired) electrons. The second-order valence-corrected chi connectivity index (χ2v) is 4.60. The van der Waals surface area contributed by atoms with E-state index in [1.807, 2.05) is 4.98 Å². The molecule has 2 aromatic heterocycles. The van der Waals surface area contributed by atoms with Crippen LogP contribution in [-0.2, 0) is 0 Å². The van der Waals surface area contributed by atoms with Crippen LogP contribution in [0.2, 0.25) is 0 Å². The number of amides is 1. The number of carbonyl (C=O) groups excluding carboxylic acids is 1. The summed E-state index contributed by atoms with van der Waals surface area (Å²) < 4.78 is 6.66. The molecule has 24 heavy (non-hydrogen) atoms. The van der Waals surface area contributed by atoms with Gasteiger partial charge in [0.1, 0.15) is 23.5 Å². The summed E-state index contributed by atoms with van der Waals surface area (Å²) in [4.78, 5) is 38.8. The van der Waals surface area contributed by atoms with Gasteiger partial charge in [-0.05, 0) is 22.6 Å². The maximum absolute atomic E-state index is 12.1. The van der Waals surface area contributed by atoms with Gasteiger partial charge in [-0.15, -0.1) is 5.10 Å². The van der Waals surface area contributed by atoms with Gasteiger partial charge in [0.05, 0.1) is 7.11 Å². The number of aromatic nitrogens is 6. The Kier molecular flexibility index (Phi) is 3.89. The summed E-state index contributed by atoms with van der Waals surface area (Å²) in [7, 11) is 1.46. The Bertz CT molecular complexity index is 962. The highest BCUT2D eigenvalue weighted by Gasteiger charge is 2.12. The molecule has 0 aliphatic carbocycles. The molecule has 0 unspecified atom stereocenters. The van der Waals surface area contributed by atoms with Crippen LogP contribution in [0.1, 0.15) is 10.5 Å². The number of benzene rings is 1. The van der Waals surface area contributed by atoms with Gasteiger partial charge in [-0.2, -0.15) is 4.68 Å².